The Bertz CT molecular complexity index is 987. The average Bonchev–Trinajstić information content (AvgIpc) is 3.15. The third-order valence-electron chi connectivity index (χ3n) is 6.18. The molecule has 1 aliphatic rings. The van der Waals surface area contributed by atoms with Gasteiger partial charge in [-0.05, 0) is 46.8 Å². The molecule has 0 atom stereocenters. The Morgan fingerprint density at radius 3 is 1.87 bits per heavy atom. The van der Waals surface area contributed by atoms with Crippen molar-refractivity contribution in [1.82, 2.24) is 0 Å². The van der Waals surface area contributed by atoms with E-state index < -0.39 is 0 Å². The molecule has 0 saturated heterocycles. The Labute approximate surface area is 200 Å². The molecule has 0 unspecified atom stereocenters. The predicted molar refractivity (Wildman–Crippen MR) is 132 cm³/mol. The number of hydrogen-bond acceptors (Lipinski definition) is 0. The molecule has 30 heavy (non-hydrogen) atoms. The molecule has 1 aliphatic carbocycles. The molecule has 3 aromatic rings. The fraction of sp³-hybridized carbons (Fsp3) is 0.414. The topological polar surface area (TPSA) is 0 Å². The van der Waals surface area contributed by atoms with Crippen LogP contribution in [0.25, 0.3) is 21.9 Å². The van der Waals surface area contributed by atoms with Crippen molar-refractivity contribution in [2.45, 2.75) is 78.6 Å². The predicted octanol–water partition coefficient (Wildman–Crippen LogP) is 8.52. The van der Waals surface area contributed by atoms with Gasteiger partial charge in [-0.2, -0.15) is 6.07 Å². The molecular formula is C29H39Ti. The smallest absolute Gasteiger partial charge is 0.358 e. The minimum Gasteiger partial charge on any atom is -0.358 e. The summed E-state index contributed by atoms with van der Waals surface area (Å²) in [7, 11) is 0. The molecule has 0 aliphatic heterocycles. The largest absolute Gasteiger partial charge is 3.00 e. The first-order chi connectivity index (χ1) is 12.5. The van der Waals surface area contributed by atoms with Gasteiger partial charge in [0.25, 0.3) is 0 Å². The van der Waals surface area contributed by atoms with Crippen LogP contribution in [0.4, 0.5) is 0 Å². The summed E-state index contributed by atoms with van der Waals surface area (Å²) in [5.74, 6) is 0. The first kappa shape index (κ1) is 26.8. The van der Waals surface area contributed by atoms with Gasteiger partial charge in [-0.25, -0.2) is 0 Å². The van der Waals surface area contributed by atoms with Gasteiger partial charge in [0, 0.05) is 0 Å². The Morgan fingerprint density at radius 2 is 1.33 bits per heavy atom. The monoisotopic (exact) mass is 435 g/mol. The van der Waals surface area contributed by atoms with E-state index in [1.54, 1.807) is 11.1 Å². The third-order valence-corrected chi connectivity index (χ3v) is 6.18. The molecular weight excluding hydrogens is 396 g/mol. The summed E-state index contributed by atoms with van der Waals surface area (Å²) in [6.07, 6.45) is 3.74. The summed E-state index contributed by atoms with van der Waals surface area (Å²) in [4.78, 5) is 0. The molecule has 1 radical (unpaired) electrons. The molecule has 0 saturated carbocycles. The van der Waals surface area contributed by atoms with E-state index in [0.29, 0.717) is 0 Å². The fourth-order valence-electron chi connectivity index (χ4n) is 4.54. The van der Waals surface area contributed by atoms with Crippen molar-refractivity contribution in [3.63, 3.8) is 0 Å². The summed E-state index contributed by atoms with van der Waals surface area (Å²) < 4.78 is 0. The van der Waals surface area contributed by atoms with Crippen molar-refractivity contribution in [3.8, 4) is 11.1 Å². The molecule has 1 heteroatoms. The van der Waals surface area contributed by atoms with Gasteiger partial charge in [0.2, 0.25) is 0 Å². The van der Waals surface area contributed by atoms with Crippen LogP contribution in [0.15, 0.2) is 36.4 Å². The zero-order valence-corrected chi connectivity index (χ0v) is 22.1. The maximum absolute atomic E-state index is 2.46. The molecule has 0 spiro atoms. The second-order valence-electron chi connectivity index (χ2n) is 10.6. The standard InChI is InChI=1S/C27H33.2CH3.Ti/c1-17-11-19-13-18-9-8-10-23(18)25(24(19)12-17)20-14-21(26(2,3)4)16-22(15-20)27(5,6)7;;;/h11-16H,8-10H2,1-7H3;2*1H3;/q3*-1;+3. The quantitative estimate of drug-likeness (QED) is 0.265. The summed E-state index contributed by atoms with van der Waals surface area (Å²) >= 11 is 0. The summed E-state index contributed by atoms with van der Waals surface area (Å²) in [5.41, 5.74) is 10.6. The molecule has 0 N–H and O–H groups in total. The van der Waals surface area contributed by atoms with E-state index >= 15 is 0 Å². The van der Waals surface area contributed by atoms with Crippen molar-refractivity contribution in [2.75, 3.05) is 0 Å². The molecule has 0 aromatic heterocycles. The Hall–Kier alpha value is -1.24. The Morgan fingerprint density at radius 1 is 0.767 bits per heavy atom. The summed E-state index contributed by atoms with van der Waals surface area (Å²) in [6.45, 7) is 16.2. The minimum atomic E-state index is 0. The van der Waals surface area contributed by atoms with Crippen LogP contribution in [0, 0.1) is 21.8 Å². The van der Waals surface area contributed by atoms with Crippen molar-refractivity contribution in [3.05, 3.63) is 79.1 Å². The Balaban J connectivity index is 0.00000150. The van der Waals surface area contributed by atoms with Crippen LogP contribution in [0.5, 0.6) is 0 Å². The van der Waals surface area contributed by atoms with E-state index in [4.69, 9.17) is 0 Å². The van der Waals surface area contributed by atoms with E-state index in [2.05, 4.69) is 84.9 Å². The van der Waals surface area contributed by atoms with Crippen LogP contribution in [0.3, 0.4) is 0 Å². The number of benzene rings is 2. The summed E-state index contributed by atoms with van der Waals surface area (Å²) in [5, 5.41) is 2.86. The normalized spacial score (nSPS) is 13.3. The first-order valence-electron chi connectivity index (χ1n) is 10.4. The zero-order chi connectivity index (χ0) is 19.6. The van der Waals surface area contributed by atoms with Crippen molar-refractivity contribution in [2.24, 2.45) is 0 Å². The van der Waals surface area contributed by atoms with Crippen LogP contribution in [0.2, 0.25) is 0 Å². The first-order valence-corrected chi connectivity index (χ1v) is 10.4. The van der Waals surface area contributed by atoms with Gasteiger partial charge in [0.1, 0.15) is 0 Å². The van der Waals surface area contributed by atoms with E-state index in [0.717, 1.165) is 0 Å². The van der Waals surface area contributed by atoms with Gasteiger partial charge in [-0.15, -0.1) is 28.5 Å². The van der Waals surface area contributed by atoms with Crippen molar-refractivity contribution < 1.29 is 21.7 Å². The maximum atomic E-state index is 2.46. The number of fused-ring (bicyclic) bond motifs is 2. The van der Waals surface area contributed by atoms with Gasteiger partial charge >= 0.3 is 21.7 Å². The van der Waals surface area contributed by atoms with Crippen LogP contribution >= 0.6 is 0 Å². The number of aryl methyl sites for hydroxylation is 2. The van der Waals surface area contributed by atoms with Gasteiger partial charge < -0.3 is 14.9 Å². The molecule has 0 nitrogen and oxygen atoms in total. The molecule has 159 valence electrons. The van der Waals surface area contributed by atoms with Crippen molar-refractivity contribution >= 4 is 10.8 Å². The average molecular weight is 435 g/mol. The minimum absolute atomic E-state index is 0. The van der Waals surface area contributed by atoms with Gasteiger partial charge in [0.15, 0.2) is 0 Å². The maximum Gasteiger partial charge on any atom is 3.00 e. The molecule has 0 fully saturated rings. The van der Waals surface area contributed by atoms with Crippen LogP contribution in [-0.4, -0.2) is 0 Å². The fourth-order valence-corrected chi connectivity index (χ4v) is 4.54. The zero-order valence-electron chi connectivity index (χ0n) is 20.6. The Kier molecular flexibility index (Phi) is 8.12. The van der Waals surface area contributed by atoms with Crippen molar-refractivity contribution in [1.29, 1.82) is 0 Å². The number of rotatable bonds is 1. The van der Waals surface area contributed by atoms with E-state index in [1.807, 2.05) is 0 Å². The molecule has 0 heterocycles. The molecule has 3 aromatic carbocycles. The second-order valence-corrected chi connectivity index (χ2v) is 10.6. The van der Waals surface area contributed by atoms with Crippen LogP contribution in [-0.2, 0) is 45.4 Å². The molecule has 0 amide bonds. The molecule has 0 bridgehead atoms. The number of hydrogen-bond donors (Lipinski definition) is 0. The SMILES string of the molecule is Cc1cc2c(-c3cc(C(C)(C)C)cc(C(C)(C)C)c3)c3c(cc2[cH-]1)CCC3.[CH3-].[CH3-].[Ti+3]. The van der Waals surface area contributed by atoms with Gasteiger partial charge in [-0.3, -0.25) is 0 Å². The third kappa shape index (κ3) is 4.81. The van der Waals surface area contributed by atoms with E-state index in [-0.39, 0.29) is 47.4 Å². The van der Waals surface area contributed by atoms with Gasteiger partial charge in [-0.1, -0.05) is 83.4 Å². The summed E-state index contributed by atoms with van der Waals surface area (Å²) in [6, 6.07) is 14.6. The van der Waals surface area contributed by atoms with Gasteiger partial charge in [0.05, 0.1) is 0 Å². The molecule has 4 rings (SSSR count). The van der Waals surface area contributed by atoms with Crippen LogP contribution in [0.1, 0.15) is 75.8 Å². The van der Waals surface area contributed by atoms with E-state index in [9.17, 15) is 0 Å². The van der Waals surface area contributed by atoms with E-state index in [1.165, 1.54) is 57.9 Å². The second kappa shape index (κ2) is 9.09. The van der Waals surface area contributed by atoms with Crippen LogP contribution < -0.4 is 0 Å².